The molecule has 2 rings (SSSR count). The number of sulfonamides is 1. The molecule has 1 aromatic carbocycles. The van der Waals surface area contributed by atoms with Gasteiger partial charge in [-0.05, 0) is 31.0 Å². The third-order valence-corrected chi connectivity index (χ3v) is 4.89. The van der Waals surface area contributed by atoms with E-state index >= 15 is 0 Å². The summed E-state index contributed by atoms with van der Waals surface area (Å²) in [5.74, 6) is 0.387. The van der Waals surface area contributed by atoms with Crippen LogP contribution in [0.5, 0.6) is 5.75 Å². The maximum Gasteiger partial charge on any atom is 0.243 e. The summed E-state index contributed by atoms with van der Waals surface area (Å²) in [6, 6.07) is 6.30. The lowest BCUT2D eigenvalue weighted by atomic mass is 10.2. The average Bonchev–Trinajstić information content (AvgIpc) is 2.92. The minimum absolute atomic E-state index is 0.154. The van der Waals surface area contributed by atoms with Crippen LogP contribution in [0.3, 0.4) is 0 Å². The van der Waals surface area contributed by atoms with Crippen molar-refractivity contribution in [3.8, 4) is 11.8 Å². The zero-order valence-electron chi connectivity index (χ0n) is 10.1. The van der Waals surface area contributed by atoms with Gasteiger partial charge < -0.3 is 4.74 Å². The van der Waals surface area contributed by atoms with E-state index in [-0.39, 0.29) is 10.5 Å². The fourth-order valence-electron chi connectivity index (χ4n) is 2.01. The predicted molar refractivity (Wildman–Crippen MR) is 65.7 cm³/mol. The topological polar surface area (TPSA) is 70.4 Å². The SMILES string of the molecule is COc1ccc(S(=O)(=O)N2CCCC2)cc1C#N. The maximum atomic E-state index is 12.3. The summed E-state index contributed by atoms with van der Waals surface area (Å²) in [4.78, 5) is 0.154. The summed E-state index contributed by atoms with van der Waals surface area (Å²) < 4.78 is 31.0. The molecule has 0 unspecified atom stereocenters. The standard InChI is InChI=1S/C12H14N2O3S/c1-17-12-5-4-11(8-10(12)9-13)18(15,16)14-6-2-3-7-14/h4-5,8H,2-3,6-7H2,1H3. The minimum Gasteiger partial charge on any atom is -0.495 e. The molecule has 1 heterocycles. The Morgan fingerprint density at radius 3 is 2.56 bits per heavy atom. The normalized spacial score (nSPS) is 16.4. The van der Waals surface area contributed by atoms with Crippen LogP contribution in [-0.2, 0) is 10.0 Å². The molecular formula is C12H14N2O3S. The van der Waals surface area contributed by atoms with Crippen LogP contribution in [0.4, 0.5) is 0 Å². The van der Waals surface area contributed by atoms with Gasteiger partial charge in [0.15, 0.2) is 0 Å². The lowest BCUT2D eigenvalue weighted by molar-refractivity contribution is 0.413. The number of ether oxygens (including phenoxy) is 1. The number of methoxy groups -OCH3 is 1. The highest BCUT2D eigenvalue weighted by atomic mass is 32.2. The van der Waals surface area contributed by atoms with Gasteiger partial charge in [-0.3, -0.25) is 0 Å². The minimum atomic E-state index is -3.47. The molecule has 1 fully saturated rings. The number of benzene rings is 1. The van der Waals surface area contributed by atoms with Gasteiger partial charge in [0.25, 0.3) is 0 Å². The van der Waals surface area contributed by atoms with Crippen molar-refractivity contribution in [2.45, 2.75) is 17.7 Å². The summed E-state index contributed by atoms with van der Waals surface area (Å²) in [7, 11) is -2.02. The molecule has 5 nitrogen and oxygen atoms in total. The molecule has 0 radical (unpaired) electrons. The van der Waals surface area contributed by atoms with Gasteiger partial charge in [0, 0.05) is 13.1 Å². The zero-order chi connectivity index (χ0) is 13.2. The highest BCUT2D eigenvalue weighted by molar-refractivity contribution is 7.89. The van der Waals surface area contributed by atoms with Gasteiger partial charge in [-0.2, -0.15) is 9.57 Å². The van der Waals surface area contributed by atoms with Gasteiger partial charge in [0.2, 0.25) is 10.0 Å². The van der Waals surface area contributed by atoms with Gasteiger partial charge >= 0.3 is 0 Å². The second-order valence-electron chi connectivity index (χ2n) is 4.09. The van der Waals surface area contributed by atoms with Gasteiger partial charge in [0.1, 0.15) is 11.8 Å². The molecule has 0 aromatic heterocycles. The number of hydrogen-bond acceptors (Lipinski definition) is 4. The Bertz CT molecular complexity index is 584. The lowest BCUT2D eigenvalue weighted by Crippen LogP contribution is -2.27. The molecule has 6 heteroatoms. The number of nitrogens with zero attached hydrogens (tertiary/aromatic N) is 2. The van der Waals surface area contributed by atoms with Crippen molar-refractivity contribution in [3.63, 3.8) is 0 Å². The first-order valence-electron chi connectivity index (χ1n) is 5.68. The first-order chi connectivity index (χ1) is 8.59. The third kappa shape index (κ3) is 2.19. The van der Waals surface area contributed by atoms with Crippen molar-refractivity contribution in [2.24, 2.45) is 0 Å². The number of nitriles is 1. The summed E-state index contributed by atoms with van der Waals surface area (Å²) in [5, 5.41) is 8.97. The Morgan fingerprint density at radius 2 is 2.00 bits per heavy atom. The molecular weight excluding hydrogens is 252 g/mol. The van der Waals surface area contributed by atoms with E-state index in [2.05, 4.69) is 0 Å². The van der Waals surface area contributed by atoms with Crippen LogP contribution in [0.15, 0.2) is 23.1 Å². The molecule has 1 aromatic rings. The smallest absolute Gasteiger partial charge is 0.243 e. The van der Waals surface area contributed by atoms with Crippen LogP contribution < -0.4 is 4.74 Å². The Kier molecular flexibility index (Phi) is 3.55. The summed E-state index contributed by atoms with van der Waals surface area (Å²) in [5.41, 5.74) is 0.234. The zero-order valence-corrected chi connectivity index (χ0v) is 10.9. The van der Waals surface area contributed by atoms with Crippen LogP contribution in [0.1, 0.15) is 18.4 Å². The summed E-state index contributed by atoms with van der Waals surface area (Å²) in [6.07, 6.45) is 1.78. The molecule has 0 N–H and O–H groups in total. The molecule has 0 spiro atoms. The van der Waals surface area contributed by atoms with E-state index < -0.39 is 10.0 Å². The van der Waals surface area contributed by atoms with E-state index in [4.69, 9.17) is 10.00 Å². The fraction of sp³-hybridized carbons (Fsp3) is 0.417. The molecule has 0 atom stereocenters. The van der Waals surface area contributed by atoms with E-state index in [0.717, 1.165) is 12.8 Å². The van der Waals surface area contributed by atoms with E-state index in [1.54, 1.807) is 0 Å². The highest BCUT2D eigenvalue weighted by Gasteiger charge is 2.27. The second-order valence-corrected chi connectivity index (χ2v) is 6.02. The molecule has 1 aliphatic heterocycles. The van der Waals surface area contributed by atoms with Crippen molar-refractivity contribution < 1.29 is 13.2 Å². The van der Waals surface area contributed by atoms with Crippen LogP contribution in [-0.4, -0.2) is 32.9 Å². The number of rotatable bonds is 3. The average molecular weight is 266 g/mol. The van der Waals surface area contributed by atoms with Crippen LogP contribution in [0, 0.1) is 11.3 Å². The van der Waals surface area contributed by atoms with Crippen molar-refractivity contribution in [2.75, 3.05) is 20.2 Å². The maximum absolute atomic E-state index is 12.3. The predicted octanol–water partition coefficient (Wildman–Crippen LogP) is 1.35. The van der Waals surface area contributed by atoms with Crippen molar-refractivity contribution >= 4 is 10.0 Å². The van der Waals surface area contributed by atoms with E-state index in [0.29, 0.717) is 18.8 Å². The molecule has 18 heavy (non-hydrogen) atoms. The van der Waals surface area contributed by atoms with E-state index in [1.807, 2.05) is 6.07 Å². The Hall–Kier alpha value is -1.58. The lowest BCUT2D eigenvalue weighted by Gasteiger charge is -2.16. The van der Waals surface area contributed by atoms with Gasteiger partial charge in [0.05, 0.1) is 17.6 Å². The monoisotopic (exact) mass is 266 g/mol. The largest absolute Gasteiger partial charge is 0.495 e. The first kappa shape index (κ1) is 12.9. The van der Waals surface area contributed by atoms with Gasteiger partial charge in [-0.25, -0.2) is 8.42 Å². The molecule has 0 saturated carbocycles. The van der Waals surface area contributed by atoms with Gasteiger partial charge in [-0.15, -0.1) is 0 Å². The summed E-state index contributed by atoms with van der Waals surface area (Å²) in [6.45, 7) is 1.10. The highest BCUT2D eigenvalue weighted by Crippen LogP contribution is 2.25. The molecule has 1 saturated heterocycles. The molecule has 96 valence electrons. The molecule has 1 aliphatic rings. The number of hydrogen-bond donors (Lipinski definition) is 0. The van der Waals surface area contributed by atoms with Crippen molar-refractivity contribution in [3.05, 3.63) is 23.8 Å². The van der Waals surface area contributed by atoms with E-state index in [9.17, 15) is 8.42 Å². The van der Waals surface area contributed by atoms with Crippen LogP contribution in [0.25, 0.3) is 0 Å². The Morgan fingerprint density at radius 1 is 1.33 bits per heavy atom. The van der Waals surface area contributed by atoms with E-state index in [1.165, 1.54) is 29.6 Å². The first-order valence-corrected chi connectivity index (χ1v) is 7.12. The van der Waals surface area contributed by atoms with Crippen molar-refractivity contribution in [1.29, 1.82) is 5.26 Å². The van der Waals surface area contributed by atoms with Crippen LogP contribution in [0.2, 0.25) is 0 Å². The second kappa shape index (κ2) is 4.96. The van der Waals surface area contributed by atoms with Crippen molar-refractivity contribution in [1.82, 2.24) is 4.31 Å². The quantitative estimate of drug-likeness (QED) is 0.828. The third-order valence-electron chi connectivity index (χ3n) is 2.99. The fourth-order valence-corrected chi connectivity index (χ4v) is 3.56. The van der Waals surface area contributed by atoms with Crippen LogP contribution >= 0.6 is 0 Å². The summed E-state index contributed by atoms with van der Waals surface area (Å²) >= 11 is 0. The Labute approximate surface area is 107 Å². The molecule has 0 aliphatic carbocycles. The molecule has 0 amide bonds. The molecule has 0 bridgehead atoms. The Balaban J connectivity index is 2.42. The van der Waals surface area contributed by atoms with Gasteiger partial charge in [-0.1, -0.05) is 0 Å².